The lowest BCUT2D eigenvalue weighted by atomic mass is 10.1. The van der Waals surface area contributed by atoms with E-state index in [-0.39, 0.29) is 12.4 Å². The number of hydrogen-bond donors (Lipinski definition) is 0. The van der Waals surface area contributed by atoms with E-state index in [1.807, 2.05) is 38.1 Å². The first-order valence-electron chi connectivity index (χ1n) is 7.47. The Labute approximate surface area is 136 Å². The Kier molecular flexibility index (Phi) is 5.52. The van der Waals surface area contributed by atoms with Gasteiger partial charge in [-0.1, -0.05) is 48.5 Å². The quantitative estimate of drug-likeness (QED) is 0.605. The van der Waals surface area contributed by atoms with Crippen LogP contribution in [0.3, 0.4) is 0 Å². The summed E-state index contributed by atoms with van der Waals surface area (Å²) >= 11 is 0. The Morgan fingerprint density at radius 1 is 0.957 bits per heavy atom. The van der Waals surface area contributed by atoms with Crippen molar-refractivity contribution >= 4 is 11.8 Å². The van der Waals surface area contributed by atoms with Crippen molar-refractivity contribution in [1.29, 1.82) is 0 Å². The monoisotopic (exact) mass is 312 g/mol. The van der Waals surface area contributed by atoms with Gasteiger partial charge in [-0.3, -0.25) is 4.79 Å². The van der Waals surface area contributed by atoms with Crippen molar-refractivity contribution in [3.63, 3.8) is 0 Å². The number of rotatable bonds is 6. The summed E-state index contributed by atoms with van der Waals surface area (Å²) in [6.45, 7) is 5.16. The number of para-hydroxylation sites is 1. The van der Waals surface area contributed by atoms with Gasteiger partial charge in [0.1, 0.15) is 5.75 Å². The fourth-order valence-electron chi connectivity index (χ4n) is 2.28. The Balaban J connectivity index is 1.91. The van der Waals surface area contributed by atoms with Gasteiger partial charge >= 0.3 is 5.97 Å². The summed E-state index contributed by atoms with van der Waals surface area (Å²) in [5.41, 5.74) is 2.42. The first-order chi connectivity index (χ1) is 11.0. The largest absolute Gasteiger partial charge is 0.481 e. The van der Waals surface area contributed by atoms with Crippen LogP contribution in [0.5, 0.6) is 5.75 Å². The van der Waals surface area contributed by atoms with E-state index < -0.39 is 12.1 Å². The van der Waals surface area contributed by atoms with Crippen LogP contribution >= 0.6 is 0 Å². The second-order valence-corrected chi connectivity index (χ2v) is 5.37. The van der Waals surface area contributed by atoms with E-state index in [4.69, 9.17) is 9.47 Å². The standard InChI is InChI=1S/C19H20O4/c1-13-8-7-9-14(2)19(13)22-12-17(20)23-15(3)18(21)16-10-5-4-6-11-16/h4-11,15H,12H2,1-3H3. The molecule has 0 aliphatic carbocycles. The molecule has 2 aromatic rings. The van der Waals surface area contributed by atoms with Crippen LogP contribution in [0.25, 0.3) is 0 Å². The van der Waals surface area contributed by atoms with Crippen LogP contribution in [-0.4, -0.2) is 24.5 Å². The van der Waals surface area contributed by atoms with E-state index in [2.05, 4.69) is 0 Å². The molecule has 0 fully saturated rings. The van der Waals surface area contributed by atoms with E-state index in [9.17, 15) is 9.59 Å². The van der Waals surface area contributed by atoms with E-state index in [0.717, 1.165) is 11.1 Å². The molecule has 23 heavy (non-hydrogen) atoms. The minimum atomic E-state index is -0.841. The molecule has 0 aliphatic rings. The molecule has 4 nitrogen and oxygen atoms in total. The molecule has 0 N–H and O–H groups in total. The van der Waals surface area contributed by atoms with Crippen LogP contribution in [0.2, 0.25) is 0 Å². The minimum Gasteiger partial charge on any atom is -0.481 e. The summed E-state index contributed by atoms with van der Waals surface area (Å²) in [7, 11) is 0. The van der Waals surface area contributed by atoms with Crippen LogP contribution in [0.1, 0.15) is 28.4 Å². The number of Topliss-reactive ketones (excluding diaryl/α,β-unsaturated/α-hetero) is 1. The van der Waals surface area contributed by atoms with Crippen molar-refractivity contribution in [3.8, 4) is 5.75 Å². The molecule has 0 saturated heterocycles. The Morgan fingerprint density at radius 3 is 2.17 bits per heavy atom. The molecule has 0 heterocycles. The lowest BCUT2D eigenvalue weighted by molar-refractivity contribution is -0.148. The summed E-state index contributed by atoms with van der Waals surface area (Å²) < 4.78 is 10.7. The lowest BCUT2D eigenvalue weighted by Gasteiger charge is -2.14. The molecule has 1 unspecified atom stereocenters. The fourth-order valence-corrected chi connectivity index (χ4v) is 2.28. The van der Waals surface area contributed by atoms with Crippen LogP contribution in [0.15, 0.2) is 48.5 Å². The molecule has 2 rings (SSSR count). The van der Waals surface area contributed by atoms with Gasteiger partial charge < -0.3 is 9.47 Å². The lowest BCUT2D eigenvalue weighted by Crippen LogP contribution is -2.27. The maximum Gasteiger partial charge on any atom is 0.344 e. The van der Waals surface area contributed by atoms with E-state index >= 15 is 0 Å². The first kappa shape index (κ1) is 16.7. The maximum atomic E-state index is 12.1. The highest BCUT2D eigenvalue weighted by Gasteiger charge is 2.19. The number of esters is 1. The van der Waals surface area contributed by atoms with Gasteiger partial charge in [-0.15, -0.1) is 0 Å². The van der Waals surface area contributed by atoms with Crippen LogP contribution in [0, 0.1) is 13.8 Å². The summed E-state index contributed by atoms with van der Waals surface area (Å²) in [5, 5.41) is 0. The van der Waals surface area contributed by atoms with Gasteiger partial charge in [-0.2, -0.15) is 0 Å². The Bertz CT molecular complexity index is 672. The SMILES string of the molecule is Cc1cccc(C)c1OCC(=O)OC(C)C(=O)c1ccccc1. The molecule has 120 valence electrons. The van der Waals surface area contributed by atoms with Gasteiger partial charge in [0, 0.05) is 5.56 Å². The summed E-state index contributed by atoms with van der Waals surface area (Å²) in [5.74, 6) is -0.123. The van der Waals surface area contributed by atoms with Crippen LogP contribution in [0.4, 0.5) is 0 Å². The van der Waals surface area contributed by atoms with Crippen molar-refractivity contribution in [2.24, 2.45) is 0 Å². The van der Waals surface area contributed by atoms with Crippen molar-refractivity contribution in [2.75, 3.05) is 6.61 Å². The Morgan fingerprint density at radius 2 is 1.57 bits per heavy atom. The van der Waals surface area contributed by atoms with Gasteiger partial charge in [0.05, 0.1) is 0 Å². The van der Waals surface area contributed by atoms with Crippen LogP contribution < -0.4 is 4.74 Å². The number of benzene rings is 2. The normalized spacial score (nSPS) is 11.6. The Hall–Kier alpha value is -2.62. The number of ketones is 1. The zero-order valence-electron chi connectivity index (χ0n) is 13.5. The number of carbonyl (C=O) groups is 2. The molecule has 0 amide bonds. The first-order valence-corrected chi connectivity index (χ1v) is 7.47. The number of aryl methyl sites for hydroxylation is 2. The fraction of sp³-hybridized carbons (Fsp3) is 0.263. The van der Waals surface area contributed by atoms with Crippen molar-refractivity contribution in [3.05, 3.63) is 65.2 Å². The van der Waals surface area contributed by atoms with E-state index in [1.54, 1.807) is 31.2 Å². The molecule has 0 radical (unpaired) electrons. The van der Waals surface area contributed by atoms with Gasteiger partial charge in [0.25, 0.3) is 0 Å². The highest BCUT2D eigenvalue weighted by atomic mass is 16.6. The van der Waals surface area contributed by atoms with Crippen molar-refractivity contribution < 1.29 is 19.1 Å². The van der Waals surface area contributed by atoms with Gasteiger partial charge in [0.15, 0.2) is 12.7 Å². The molecule has 0 saturated carbocycles. The summed E-state index contributed by atoms with van der Waals surface area (Å²) in [4.78, 5) is 24.0. The third-order valence-corrected chi connectivity index (χ3v) is 3.48. The molecular weight excluding hydrogens is 292 g/mol. The molecule has 0 aliphatic heterocycles. The summed E-state index contributed by atoms with van der Waals surface area (Å²) in [6.07, 6.45) is -0.841. The second kappa shape index (κ2) is 7.58. The van der Waals surface area contributed by atoms with Crippen molar-refractivity contribution in [2.45, 2.75) is 26.9 Å². The zero-order chi connectivity index (χ0) is 16.8. The molecule has 0 bridgehead atoms. The van der Waals surface area contributed by atoms with Crippen LogP contribution in [-0.2, 0) is 9.53 Å². The highest BCUT2D eigenvalue weighted by Crippen LogP contribution is 2.22. The summed E-state index contributed by atoms with van der Waals surface area (Å²) in [6, 6.07) is 14.5. The predicted molar refractivity (Wildman–Crippen MR) is 87.7 cm³/mol. The second-order valence-electron chi connectivity index (χ2n) is 5.37. The third kappa shape index (κ3) is 4.42. The minimum absolute atomic E-state index is 0.224. The predicted octanol–water partition coefficient (Wildman–Crippen LogP) is 3.50. The molecule has 4 heteroatoms. The molecule has 0 spiro atoms. The molecule has 2 aromatic carbocycles. The van der Waals surface area contributed by atoms with Crippen molar-refractivity contribution in [1.82, 2.24) is 0 Å². The highest BCUT2D eigenvalue weighted by molar-refractivity contribution is 6.00. The topological polar surface area (TPSA) is 52.6 Å². The smallest absolute Gasteiger partial charge is 0.344 e. The number of carbonyl (C=O) groups excluding carboxylic acids is 2. The number of hydrogen-bond acceptors (Lipinski definition) is 4. The number of ether oxygens (including phenoxy) is 2. The van der Waals surface area contributed by atoms with Gasteiger partial charge in [-0.05, 0) is 31.9 Å². The third-order valence-electron chi connectivity index (χ3n) is 3.48. The zero-order valence-corrected chi connectivity index (χ0v) is 13.5. The van der Waals surface area contributed by atoms with E-state index in [1.165, 1.54) is 0 Å². The maximum absolute atomic E-state index is 12.1. The van der Waals surface area contributed by atoms with Gasteiger partial charge in [-0.25, -0.2) is 4.79 Å². The molecular formula is C19H20O4. The van der Waals surface area contributed by atoms with Gasteiger partial charge in [0.2, 0.25) is 5.78 Å². The average molecular weight is 312 g/mol. The average Bonchev–Trinajstić information content (AvgIpc) is 2.54. The molecule has 1 atom stereocenters. The molecule has 0 aromatic heterocycles. The van der Waals surface area contributed by atoms with E-state index in [0.29, 0.717) is 11.3 Å².